The van der Waals surface area contributed by atoms with Gasteiger partial charge in [0.25, 0.3) is 0 Å². The molecule has 1 aromatic carbocycles. The Balaban J connectivity index is 1.77. The molecule has 1 aromatic rings. The third-order valence-corrected chi connectivity index (χ3v) is 3.61. The molecule has 0 spiro atoms. The van der Waals surface area contributed by atoms with Crippen molar-refractivity contribution in [1.82, 2.24) is 5.32 Å². The second-order valence-electron chi connectivity index (χ2n) is 5.32. The predicted molar refractivity (Wildman–Crippen MR) is 73.1 cm³/mol. The van der Waals surface area contributed by atoms with Gasteiger partial charge in [0.1, 0.15) is 5.75 Å². The Kier molecular flexibility index (Phi) is 4.25. The summed E-state index contributed by atoms with van der Waals surface area (Å²) in [6.07, 6.45) is 2.80. The van der Waals surface area contributed by atoms with E-state index in [1.807, 2.05) is 13.8 Å². The lowest BCUT2D eigenvalue weighted by Gasteiger charge is -2.21. The van der Waals surface area contributed by atoms with E-state index in [0.717, 1.165) is 38.2 Å². The highest BCUT2D eigenvalue weighted by atomic mass is 16.5. The van der Waals surface area contributed by atoms with Crippen LogP contribution in [-0.2, 0) is 12.8 Å². The first kappa shape index (κ1) is 13.4. The van der Waals surface area contributed by atoms with Crippen LogP contribution in [0.2, 0.25) is 0 Å². The van der Waals surface area contributed by atoms with Gasteiger partial charge in [-0.2, -0.15) is 0 Å². The number of fused-ring (bicyclic) bond motifs is 1. The van der Waals surface area contributed by atoms with Gasteiger partial charge in [-0.25, -0.2) is 0 Å². The Labute approximate surface area is 109 Å². The Morgan fingerprint density at radius 1 is 1.44 bits per heavy atom. The number of ether oxygens (including phenoxy) is 1. The van der Waals surface area contributed by atoms with Gasteiger partial charge in [0.15, 0.2) is 0 Å². The summed E-state index contributed by atoms with van der Waals surface area (Å²) < 4.78 is 5.49. The van der Waals surface area contributed by atoms with Crippen LogP contribution in [0.5, 0.6) is 5.75 Å². The van der Waals surface area contributed by atoms with E-state index in [1.165, 1.54) is 11.1 Å². The number of hydrogen-bond acceptors (Lipinski definition) is 3. The second-order valence-corrected chi connectivity index (χ2v) is 5.32. The molecule has 0 bridgehead atoms. The maximum atomic E-state index is 9.87. The molecule has 100 valence electrons. The standard InChI is InChI=1S/C15H23NO2/c1-3-15(2,17)11-16-8-6-12-4-5-14-13(10-12)7-9-18-14/h4-5,10,16-17H,3,6-9,11H2,1-2H3. The average Bonchev–Trinajstić information content (AvgIpc) is 2.82. The molecule has 1 heterocycles. The summed E-state index contributed by atoms with van der Waals surface area (Å²) in [4.78, 5) is 0. The maximum Gasteiger partial charge on any atom is 0.122 e. The first-order chi connectivity index (χ1) is 8.61. The van der Waals surface area contributed by atoms with Crippen molar-refractivity contribution in [2.24, 2.45) is 0 Å². The number of hydrogen-bond donors (Lipinski definition) is 2. The van der Waals surface area contributed by atoms with Gasteiger partial charge in [0.05, 0.1) is 12.2 Å². The molecule has 0 aliphatic carbocycles. The topological polar surface area (TPSA) is 41.5 Å². The summed E-state index contributed by atoms with van der Waals surface area (Å²) >= 11 is 0. The Hall–Kier alpha value is -1.06. The van der Waals surface area contributed by atoms with E-state index in [4.69, 9.17) is 4.74 Å². The zero-order chi connectivity index (χ0) is 13.0. The predicted octanol–water partition coefficient (Wildman–Crippen LogP) is 1.91. The summed E-state index contributed by atoms with van der Waals surface area (Å²) in [6, 6.07) is 6.44. The number of benzene rings is 1. The molecular weight excluding hydrogens is 226 g/mol. The maximum absolute atomic E-state index is 9.87. The van der Waals surface area contributed by atoms with Gasteiger partial charge in [-0.3, -0.25) is 0 Å². The van der Waals surface area contributed by atoms with Gasteiger partial charge in [-0.05, 0) is 43.5 Å². The molecule has 1 atom stereocenters. The third-order valence-electron chi connectivity index (χ3n) is 3.61. The minimum Gasteiger partial charge on any atom is -0.493 e. The van der Waals surface area contributed by atoms with E-state index in [1.54, 1.807) is 0 Å². The van der Waals surface area contributed by atoms with Crippen LogP contribution in [-0.4, -0.2) is 30.4 Å². The van der Waals surface area contributed by atoms with Crippen LogP contribution in [0.4, 0.5) is 0 Å². The number of rotatable bonds is 6. The molecule has 3 heteroatoms. The molecule has 18 heavy (non-hydrogen) atoms. The molecule has 0 fully saturated rings. The molecule has 3 nitrogen and oxygen atoms in total. The molecule has 1 aliphatic heterocycles. The van der Waals surface area contributed by atoms with Crippen LogP contribution in [0.1, 0.15) is 31.4 Å². The first-order valence-corrected chi connectivity index (χ1v) is 6.78. The van der Waals surface area contributed by atoms with Crippen LogP contribution in [0.15, 0.2) is 18.2 Å². The zero-order valence-corrected chi connectivity index (χ0v) is 11.3. The molecule has 0 aromatic heterocycles. The Morgan fingerprint density at radius 3 is 3.06 bits per heavy atom. The summed E-state index contributed by atoms with van der Waals surface area (Å²) in [5.41, 5.74) is 2.07. The molecule has 1 aliphatic rings. The molecule has 1 unspecified atom stereocenters. The second kappa shape index (κ2) is 5.72. The van der Waals surface area contributed by atoms with Crippen molar-refractivity contribution in [3.63, 3.8) is 0 Å². The SMILES string of the molecule is CCC(C)(O)CNCCc1ccc2c(c1)CCO2. The van der Waals surface area contributed by atoms with Crippen molar-refractivity contribution in [3.8, 4) is 5.75 Å². The van der Waals surface area contributed by atoms with Crippen molar-refractivity contribution in [2.45, 2.75) is 38.7 Å². The number of nitrogens with one attached hydrogen (secondary N) is 1. The van der Waals surface area contributed by atoms with Gasteiger partial charge in [-0.1, -0.05) is 19.1 Å². The summed E-state index contributed by atoms with van der Waals surface area (Å²) in [5.74, 6) is 1.04. The van der Waals surface area contributed by atoms with E-state index in [-0.39, 0.29) is 0 Å². The molecule has 0 saturated carbocycles. The summed E-state index contributed by atoms with van der Waals surface area (Å²) in [5, 5.41) is 13.2. The van der Waals surface area contributed by atoms with Gasteiger partial charge in [-0.15, -0.1) is 0 Å². The fourth-order valence-corrected chi connectivity index (χ4v) is 2.11. The Morgan fingerprint density at radius 2 is 2.28 bits per heavy atom. The van der Waals surface area contributed by atoms with Crippen LogP contribution >= 0.6 is 0 Å². The van der Waals surface area contributed by atoms with Gasteiger partial charge in [0, 0.05) is 13.0 Å². The highest BCUT2D eigenvalue weighted by molar-refractivity contribution is 5.39. The van der Waals surface area contributed by atoms with Crippen molar-refractivity contribution < 1.29 is 9.84 Å². The van der Waals surface area contributed by atoms with Crippen LogP contribution in [0.3, 0.4) is 0 Å². The van der Waals surface area contributed by atoms with E-state index in [9.17, 15) is 5.11 Å². The van der Waals surface area contributed by atoms with Gasteiger partial charge in [0.2, 0.25) is 0 Å². The molecule has 0 radical (unpaired) electrons. The zero-order valence-electron chi connectivity index (χ0n) is 11.3. The Bertz CT molecular complexity index is 401. The highest BCUT2D eigenvalue weighted by Gasteiger charge is 2.16. The first-order valence-electron chi connectivity index (χ1n) is 6.78. The lowest BCUT2D eigenvalue weighted by Crippen LogP contribution is -2.37. The lowest BCUT2D eigenvalue weighted by atomic mass is 10.0. The molecule has 0 amide bonds. The minimum absolute atomic E-state index is 0.591. The van der Waals surface area contributed by atoms with Gasteiger partial charge >= 0.3 is 0 Å². The minimum atomic E-state index is -0.591. The van der Waals surface area contributed by atoms with Gasteiger partial charge < -0.3 is 15.2 Å². The lowest BCUT2D eigenvalue weighted by molar-refractivity contribution is 0.0561. The van der Waals surface area contributed by atoms with Crippen molar-refractivity contribution in [3.05, 3.63) is 29.3 Å². The van der Waals surface area contributed by atoms with Crippen LogP contribution in [0.25, 0.3) is 0 Å². The summed E-state index contributed by atoms with van der Waals surface area (Å²) in [7, 11) is 0. The van der Waals surface area contributed by atoms with E-state index in [2.05, 4.69) is 23.5 Å². The van der Waals surface area contributed by atoms with Crippen molar-refractivity contribution in [1.29, 1.82) is 0 Å². The third kappa shape index (κ3) is 3.47. The van der Waals surface area contributed by atoms with E-state index >= 15 is 0 Å². The van der Waals surface area contributed by atoms with Crippen LogP contribution in [0, 0.1) is 0 Å². The smallest absolute Gasteiger partial charge is 0.122 e. The summed E-state index contributed by atoms with van der Waals surface area (Å²) in [6.45, 7) is 6.23. The fourth-order valence-electron chi connectivity index (χ4n) is 2.11. The normalized spacial score (nSPS) is 17.1. The van der Waals surface area contributed by atoms with E-state index < -0.39 is 5.60 Å². The molecule has 2 N–H and O–H groups in total. The molecule has 2 rings (SSSR count). The molecule has 0 saturated heterocycles. The quantitative estimate of drug-likeness (QED) is 0.757. The highest BCUT2D eigenvalue weighted by Crippen LogP contribution is 2.25. The monoisotopic (exact) mass is 249 g/mol. The van der Waals surface area contributed by atoms with Crippen molar-refractivity contribution >= 4 is 0 Å². The average molecular weight is 249 g/mol. The van der Waals surface area contributed by atoms with E-state index in [0.29, 0.717) is 6.54 Å². The molecular formula is C15H23NO2. The fraction of sp³-hybridized carbons (Fsp3) is 0.600. The van der Waals surface area contributed by atoms with Crippen LogP contribution < -0.4 is 10.1 Å². The van der Waals surface area contributed by atoms with Crippen molar-refractivity contribution in [2.75, 3.05) is 19.7 Å². The number of aliphatic hydroxyl groups is 1. The largest absolute Gasteiger partial charge is 0.493 e.